The minimum absolute atomic E-state index is 0.0829. The highest BCUT2D eigenvalue weighted by Crippen LogP contribution is 2.42. The molecule has 1 aliphatic heterocycles. The van der Waals surface area contributed by atoms with Crippen LogP contribution in [0.3, 0.4) is 0 Å². The maximum atomic E-state index is 12.2. The van der Waals surface area contributed by atoms with Gasteiger partial charge in [-0.1, -0.05) is 72.3 Å². The van der Waals surface area contributed by atoms with Crippen LogP contribution >= 0.6 is 11.6 Å². The Kier molecular flexibility index (Phi) is 4.67. The predicted octanol–water partition coefficient (Wildman–Crippen LogP) is 4.00. The van der Waals surface area contributed by atoms with Gasteiger partial charge in [-0.2, -0.15) is 0 Å². The maximum absolute atomic E-state index is 12.2. The Morgan fingerprint density at radius 1 is 1.12 bits per heavy atom. The van der Waals surface area contributed by atoms with Crippen LogP contribution in [-0.2, 0) is 20.0 Å². The molecular formula is C19H16ClNO3. The van der Waals surface area contributed by atoms with Crippen LogP contribution in [0.2, 0.25) is 0 Å². The molecule has 0 unspecified atom stereocenters. The zero-order valence-electron chi connectivity index (χ0n) is 13.1. The molecule has 0 saturated heterocycles. The molecule has 0 atom stereocenters. The molecule has 0 N–H and O–H groups in total. The van der Waals surface area contributed by atoms with Gasteiger partial charge >= 0.3 is 5.97 Å². The number of carbonyl (C=O) groups excluding carboxylic acids is 1. The highest BCUT2D eigenvalue weighted by molar-refractivity contribution is 6.45. The molecule has 24 heavy (non-hydrogen) atoms. The highest BCUT2D eigenvalue weighted by Gasteiger charge is 2.45. The number of hydrogen-bond acceptors (Lipinski definition) is 4. The van der Waals surface area contributed by atoms with E-state index in [4.69, 9.17) is 21.1 Å². The molecule has 2 aromatic rings. The fourth-order valence-electron chi connectivity index (χ4n) is 2.60. The molecule has 1 heterocycles. The highest BCUT2D eigenvalue weighted by atomic mass is 35.5. The van der Waals surface area contributed by atoms with E-state index in [0.717, 1.165) is 11.1 Å². The molecule has 2 aromatic carbocycles. The number of rotatable bonds is 4. The van der Waals surface area contributed by atoms with E-state index in [1.165, 1.54) is 5.54 Å². The molecule has 0 amide bonds. The lowest BCUT2D eigenvalue weighted by Gasteiger charge is -2.27. The average Bonchev–Trinajstić information content (AvgIpc) is 3.05. The molecule has 4 nitrogen and oxygen atoms in total. The van der Waals surface area contributed by atoms with Gasteiger partial charge in [0.1, 0.15) is 0 Å². The Hall–Kier alpha value is -2.59. The predicted molar refractivity (Wildman–Crippen MR) is 92.8 cm³/mol. The molecule has 0 bridgehead atoms. The number of ether oxygens (including phenoxy) is 2. The molecule has 0 radical (unpaired) electrons. The van der Waals surface area contributed by atoms with E-state index in [-0.39, 0.29) is 18.1 Å². The van der Waals surface area contributed by atoms with Gasteiger partial charge in [-0.15, -0.1) is 0 Å². The van der Waals surface area contributed by atoms with Gasteiger partial charge in [0, 0.05) is 16.7 Å². The fraction of sp³-hybridized carbons (Fsp3) is 0.158. The number of halogens is 1. The van der Waals surface area contributed by atoms with Crippen LogP contribution in [0.25, 0.3) is 0 Å². The maximum Gasteiger partial charge on any atom is 0.360 e. The van der Waals surface area contributed by atoms with Gasteiger partial charge in [0.25, 0.3) is 5.72 Å². The monoisotopic (exact) mass is 341 g/mol. The van der Waals surface area contributed by atoms with Gasteiger partial charge in [-0.25, -0.2) is 9.79 Å². The first kappa shape index (κ1) is 16.3. The van der Waals surface area contributed by atoms with Crippen molar-refractivity contribution in [2.45, 2.75) is 12.6 Å². The number of aliphatic imine (C=N–C) groups is 1. The van der Waals surface area contributed by atoms with Crippen molar-refractivity contribution in [1.29, 1.82) is 0 Å². The first-order chi connectivity index (χ1) is 11.7. The van der Waals surface area contributed by atoms with Crippen molar-refractivity contribution < 1.29 is 14.3 Å². The van der Waals surface area contributed by atoms with Gasteiger partial charge in [0.2, 0.25) is 0 Å². The number of carbonyl (C=O) groups is 1. The lowest BCUT2D eigenvalue weighted by atomic mass is 9.95. The third-order valence-electron chi connectivity index (χ3n) is 3.66. The van der Waals surface area contributed by atoms with Crippen LogP contribution < -0.4 is 0 Å². The molecule has 0 spiro atoms. The third kappa shape index (κ3) is 2.81. The fourth-order valence-corrected chi connectivity index (χ4v) is 2.75. The molecule has 3 rings (SSSR count). The van der Waals surface area contributed by atoms with Crippen LogP contribution in [0, 0.1) is 0 Å². The second-order valence-corrected chi connectivity index (χ2v) is 5.35. The van der Waals surface area contributed by atoms with Crippen LogP contribution in [-0.4, -0.2) is 18.3 Å². The number of nitrogens with zero attached hydrogens (tertiary/aromatic N) is 1. The summed E-state index contributed by atoms with van der Waals surface area (Å²) in [5, 5.41) is 0. The van der Waals surface area contributed by atoms with E-state index in [1.54, 1.807) is 6.92 Å². The second-order valence-electron chi connectivity index (χ2n) is 5.13. The van der Waals surface area contributed by atoms with Crippen molar-refractivity contribution in [2.75, 3.05) is 6.61 Å². The summed E-state index contributed by atoms with van der Waals surface area (Å²) in [6.45, 7) is 1.98. The molecule has 0 aromatic heterocycles. The van der Waals surface area contributed by atoms with Crippen molar-refractivity contribution in [3.05, 3.63) is 83.1 Å². The average molecular weight is 342 g/mol. The van der Waals surface area contributed by atoms with Crippen molar-refractivity contribution in [3.8, 4) is 0 Å². The zero-order chi connectivity index (χ0) is 17.0. The van der Waals surface area contributed by atoms with Crippen molar-refractivity contribution in [2.24, 2.45) is 4.99 Å². The number of hydrogen-bond donors (Lipinski definition) is 0. The summed E-state index contributed by atoms with van der Waals surface area (Å²) in [6, 6.07) is 19.0. The molecule has 0 aliphatic carbocycles. The summed E-state index contributed by atoms with van der Waals surface area (Å²) >= 11 is 5.87. The van der Waals surface area contributed by atoms with Gasteiger partial charge in [-0.3, -0.25) is 0 Å². The van der Waals surface area contributed by atoms with Crippen LogP contribution in [0.4, 0.5) is 0 Å². The number of esters is 1. The summed E-state index contributed by atoms with van der Waals surface area (Å²) in [5.74, 6) is -0.360. The summed E-state index contributed by atoms with van der Waals surface area (Å²) in [6.07, 6.45) is 0. The van der Waals surface area contributed by atoms with Gasteiger partial charge < -0.3 is 9.47 Å². The minimum atomic E-state index is -1.16. The summed E-state index contributed by atoms with van der Waals surface area (Å²) < 4.78 is 11.1. The Morgan fingerprint density at radius 3 is 2.12 bits per heavy atom. The second kappa shape index (κ2) is 6.89. The van der Waals surface area contributed by atoms with Gasteiger partial charge in [0.15, 0.2) is 11.5 Å². The van der Waals surface area contributed by atoms with E-state index in [1.807, 2.05) is 60.7 Å². The summed E-state index contributed by atoms with van der Waals surface area (Å²) in [5.41, 5.74) is 1.73. The summed E-state index contributed by atoms with van der Waals surface area (Å²) in [4.78, 5) is 16.8. The Morgan fingerprint density at radius 2 is 1.67 bits per heavy atom. The standard InChI is InChI=1S/C19H16ClNO3/c1-2-23-18(22)17-16(13-20)24-19(21-17,14-9-5-3-6-10-14)15-11-7-4-8-12-15/h3-13H,2H2,1H3/b16-13+. The Bertz CT molecular complexity index is 745. The van der Waals surface area contributed by atoms with Crippen LogP contribution in [0.5, 0.6) is 0 Å². The molecule has 0 fully saturated rings. The first-order valence-electron chi connectivity index (χ1n) is 7.59. The normalized spacial score (nSPS) is 17.2. The van der Waals surface area contributed by atoms with E-state index in [2.05, 4.69) is 4.99 Å². The number of benzene rings is 2. The van der Waals surface area contributed by atoms with Gasteiger partial charge in [0.05, 0.1) is 6.61 Å². The lowest BCUT2D eigenvalue weighted by molar-refractivity contribution is -0.135. The smallest absolute Gasteiger partial charge is 0.360 e. The first-order valence-corrected chi connectivity index (χ1v) is 8.02. The lowest BCUT2D eigenvalue weighted by Crippen LogP contribution is -2.25. The van der Waals surface area contributed by atoms with Crippen molar-refractivity contribution >= 4 is 23.3 Å². The van der Waals surface area contributed by atoms with Crippen molar-refractivity contribution in [3.63, 3.8) is 0 Å². The van der Waals surface area contributed by atoms with E-state index in [9.17, 15) is 4.79 Å². The van der Waals surface area contributed by atoms with E-state index >= 15 is 0 Å². The molecule has 1 aliphatic rings. The topological polar surface area (TPSA) is 47.9 Å². The van der Waals surface area contributed by atoms with Crippen molar-refractivity contribution in [1.82, 2.24) is 0 Å². The van der Waals surface area contributed by atoms with Crippen LogP contribution in [0.1, 0.15) is 18.1 Å². The molecular weight excluding hydrogens is 326 g/mol. The Labute approximate surface area is 145 Å². The molecule has 122 valence electrons. The van der Waals surface area contributed by atoms with E-state index < -0.39 is 11.7 Å². The third-order valence-corrected chi connectivity index (χ3v) is 3.86. The molecule has 0 saturated carbocycles. The van der Waals surface area contributed by atoms with Crippen LogP contribution in [0.15, 0.2) is 77.0 Å². The zero-order valence-corrected chi connectivity index (χ0v) is 13.9. The SMILES string of the molecule is CCOC(=O)C1=NC(c2ccccc2)(c2ccccc2)O/C1=C/Cl. The van der Waals surface area contributed by atoms with E-state index in [0.29, 0.717) is 0 Å². The molecule has 5 heteroatoms. The summed E-state index contributed by atoms with van der Waals surface area (Å²) in [7, 11) is 0. The quantitative estimate of drug-likeness (QED) is 0.790. The van der Waals surface area contributed by atoms with Gasteiger partial charge in [-0.05, 0) is 6.92 Å². The Balaban J connectivity index is 2.19. The largest absolute Gasteiger partial charge is 0.461 e. The minimum Gasteiger partial charge on any atom is -0.461 e.